The molecule has 1 aliphatic rings. The molecule has 0 radical (unpaired) electrons. The van der Waals surface area contributed by atoms with Crippen LogP contribution in [0.4, 0.5) is 4.79 Å². The minimum Gasteiger partial charge on any atom is -0.326 e. The summed E-state index contributed by atoms with van der Waals surface area (Å²) in [5, 5.41) is 2.77. The van der Waals surface area contributed by atoms with Crippen LogP contribution < -0.4 is 5.32 Å². The predicted molar refractivity (Wildman–Crippen MR) is 81.8 cm³/mol. The second kappa shape index (κ2) is 6.31. The number of imide groups is 1. The summed E-state index contributed by atoms with van der Waals surface area (Å²) < 4.78 is 0. The molecule has 1 N–H and O–H groups in total. The monoisotopic (exact) mass is 292 g/mol. The van der Waals surface area contributed by atoms with E-state index in [2.05, 4.69) is 5.32 Å². The molecule has 0 unspecified atom stereocenters. The first-order valence-corrected chi connectivity index (χ1v) is 8.09. The van der Waals surface area contributed by atoms with Gasteiger partial charge < -0.3 is 5.32 Å². The van der Waals surface area contributed by atoms with E-state index < -0.39 is 0 Å². The highest BCUT2D eigenvalue weighted by Gasteiger charge is 2.37. The fourth-order valence-electron chi connectivity index (χ4n) is 2.30. The third kappa shape index (κ3) is 3.15. The maximum atomic E-state index is 12.3. The first-order valence-electron chi connectivity index (χ1n) is 6.70. The van der Waals surface area contributed by atoms with Crippen LogP contribution in [0.3, 0.4) is 0 Å². The molecule has 3 amide bonds. The quantitative estimate of drug-likeness (QED) is 0.848. The van der Waals surface area contributed by atoms with E-state index in [1.807, 2.05) is 38.3 Å². The van der Waals surface area contributed by atoms with Crippen LogP contribution in [0.1, 0.15) is 23.1 Å². The Labute approximate surface area is 123 Å². The zero-order valence-electron chi connectivity index (χ0n) is 12.1. The molecule has 0 bridgehead atoms. The van der Waals surface area contributed by atoms with Gasteiger partial charge in [-0.15, -0.1) is 0 Å². The van der Waals surface area contributed by atoms with Crippen LogP contribution in [-0.4, -0.2) is 34.9 Å². The summed E-state index contributed by atoms with van der Waals surface area (Å²) in [5.74, 6) is 0.763. The summed E-state index contributed by atoms with van der Waals surface area (Å²) >= 11 is 1.68. The number of aryl methyl sites for hydroxylation is 2. The van der Waals surface area contributed by atoms with E-state index >= 15 is 0 Å². The van der Waals surface area contributed by atoms with Crippen LogP contribution in [-0.2, 0) is 11.3 Å². The van der Waals surface area contributed by atoms with Crippen LogP contribution in [0.25, 0.3) is 0 Å². The minimum absolute atomic E-state index is 0.107. The number of thioether (sulfide) groups is 1. The number of hydrogen-bond acceptors (Lipinski definition) is 3. The number of nitrogens with one attached hydrogen (secondary N) is 1. The Morgan fingerprint density at radius 1 is 1.30 bits per heavy atom. The largest absolute Gasteiger partial charge is 0.326 e. The van der Waals surface area contributed by atoms with Crippen molar-refractivity contribution in [2.75, 3.05) is 12.0 Å². The van der Waals surface area contributed by atoms with E-state index in [0.717, 1.165) is 22.4 Å². The van der Waals surface area contributed by atoms with Gasteiger partial charge in [-0.25, -0.2) is 4.79 Å². The third-order valence-corrected chi connectivity index (χ3v) is 4.19. The van der Waals surface area contributed by atoms with Gasteiger partial charge in [0.2, 0.25) is 0 Å². The van der Waals surface area contributed by atoms with E-state index in [1.165, 1.54) is 4.90 Å². The van der Waals surface area contributed by atoms with Gasteiger partial charge in [0.15, 0.2) is 0 Å². The smallest absolute Gasteiger partial charge is 0.325 e. The topological polar surface area (TPSA) is 49.4 Å². The second-order valence-corrected chi connectivity index (χ2v) is 6.12. The highest BCUT2D eigenvalue weighted by molar-refractivity contribution is 7.98. The van der Waals surface area contributed by atoms with Crippen molar-refractivity contribution in [3.05, 3.63) is 34.9 Å². The van der Waals surface area contributed by atoms with Crippen LogP contribution in [0.15, 0.2) is 18.2 Å². The first-order chi connectivity index (χ1) is 9.52. The summed E-state index contributed by atoms with van der Waals surface area (Å²) in [6.45, 7) is 4.36. The van der Waals surface area contributed by atoms with Crippen molar-refractivity contribution in [3.63, 3.8) is 0 Å². The average molecular weight is 292 g/mol. The van der Waals surface area contributed by atoms with Crippen molar-refractivity contribution >= 4 is 23.7 Å². The fraction of sp³-hybridized carbons (Fsp3) is 0.467. The molecule has 0 aliphatic carbocycles. The molecule has 1 aromatic carbocycles. The molecule has 1 heterocycles. The third-order valence-electron chi connectivity index (χ3n) is 3.55. The normalized spacial score (nSPS) is 18.6. The summed E-state index contributed by atoms with van der Waals surface area (Å²) in [6, 6.07) is 5.45. The molecule has 0 saturated carbocycles. The zero-order valence-corrected chi connectivity index (χ0v) is 12.9. The van der Waals surface area contributed by atoms with E-state index in [9.17, 15) is 9.59 Å². The summed E-state index contributed by atoms with van der Waals surface area (Å²) in [6.07, 6.45) is 2.68. The van der Waals surface area contributed by atoms with Crippen molar-refractivity contribution < 1.29 is 9.59 Å². The standard InChI is InChI=1S/C15H20N2O2S/c1-10-4-5-11(2)12(8-10)9-17-14(18)13(6-7-20-3)16-15(17)19/h4-5,8,13H,6-7,9H2,1-3H3,(H,16,19)/t13-/m1/s1. The predicted octanol–water partition coefficient (Wildman–Crippen LogP) is 2.48. The molecule has 1 aliphatic heterocycles. The van der Waals surface area contributed by atoms with Crippen molar-refractivity contribution in [1.82, 2.24) is 10.2 Å². The number of carbonyl (C=O) groups is 2. The van der Waals surface area contributed by atoms with Gasteiger partial charge in [-0.2, -0.15) is 11.8 Å². The second-order valence-electron chi connectivity index (χ2n) is 5.14. The number of rotatable bonds is 5. The fourth-order valence-corrected chi connectivity index (χ4v) is 2.77. The Kier molecular flexibility index (Phi) is 4.70. The Balaban J connectivity index is 2.11. The summed E-state index contributed by atoms with van der Waals surface area (Å²) in [4.78, 5) is 25.5. The van der Waals surface area contributed by atoms with Crippen LogP contribution >= 0.6 is 11.8 Å². The van der Waals surface area contributed by atoms with E-state index in [4.69, 9.17) is 0 Å². The van der Waals surface area contributed by atoms with Crippen molar-refractivity contribution in [1.29, 1.82) is 0 Å². The van der Waals surface area contributed by atoms with Gasteiger partial charge in [0.1, 0.15) is 6.04 Å². The number of hydrogen-bond donors (Lipinski definition) is 1. The number of nitrogens with zero attached hydrogens (tertiary/aromatic N) is 1. The lowest BCUT2D eigenvalue weighted by atomic mass is 10.1. The molecule has 4 nitrogen and oxygen atoms in total. The van der Waals surface area contributed by atoms with Crippen LogP contribution in [0.2, 0.25) is 0 Å². The molecule has 0 aromatic heterocycles. The lowest BCUT2D eigenvalue weighted by molar-refractivity contribution is -0.127. The van der Waals surface area contributed by atoms with Crippen LogP contribution in [0, 0.1) is 13.8 Å². The summed E-state index contributed by atoms with van der Waals surface area (Å²) in [7, 11) is 0. The molecule has 5 heteroatoms. The van der Waals surface area contributed by atoms with Crippen molar-refractivity contribution in [3.8, 4) is 0 Å². The lowest BCUT2D eigenvalue weighted by Gasteiger charge is -2.15. The molecule has 1 atom stereocenters. The minimum atomic E-state index is -0.361. The van der Waals surface area contributed by atoms with E-state index in [0.29, 0.717) is 13.0 Å². The van der Waals surface area contributed by atoms with Gasteiger partial charge >= 0.3 is 6.03 Å². The SMILES string of the molecule is CSCC[C@H]1NC(=O)N(Cc2cc(C)ccc2C)C1=O. The van der Waals surface area contributed by atoms with E-state index in [-0.39, 0.29) is 18.0 Å². The molecule has 2 rings (SSSR count). The summed E-state index contributed by atoms with van der Waals surface area (Å²) in [5.41, 5.74) is 3.26. The highest BCUT2D eigenvalue weighted by atomic mass is 32.2. The molecular weight excluding hydrogens is 272 g/mol. The number of urea groups is 1. The molecule has 0 spiro atoms. The average Bonchev–Trinajstić information content (AvgIpc) is 2.68. The maximum Gasteiger partial charge on any atom is 0.325 e. The first kappa shape index (κ1) is 14.9. The Bertz CT molecular complexity index is 531. The maximum absolute atomic E-state index is 12.3. The lowest BCUT2D eigenvalue weighted by Crippen LogP contribution is -2.31. The Morgan fingerprint density at radius 3 is 2.75 bits per heavy atom. The molecule has 20 heavy (non-hydrogen) atoms. The number of benzene rings is 1. The molecule has 108 valence electrons. The number of amides is 3. The highest BCUT2D eigenvalue weighted by Crippen LogP contribution is 2.18. The van der Waals surface area contributed by atoms with Gasteiger partial charge in [-0.3, -0.25) is 9.69 Å². The van der Waals surface area contributed by atoms with Gasteiger partial charge in [-0.05, 0) is 43.4 Å². The van der Waals surface area contributed by atoms with Crippen LogP contribution in [0.5, 0.6) is 0 Å². The Morgan fingerprint density at radius 2 is 2.05 bits per heavy atom. The van der Waals surface area contributed by atoms with Gasteiger partial charge in [0.25, 0.3) is 5.91 Å². The van der Waals surface area contributed by atoms with Gasteiger partial charge in [0.05, 0.1) is 6.54 Å². The molecule has 1 saturated heterocycles. The number of carbonyl (C=O) groups excluding carboxylic acids is 2. The molecule has 1 fully saturated rings. The zero-order chi connectivity index (χ0) is 14.7. The van der Waals surface area contributed by atoms with Crippen molar-refractivity contribution in [2.24, 2.45) is 0 Å². The Hall–Kier alpha value is -1.49. The van der Waals surface area contributed by atoms with Gasteiger partial charge in [-0.1, -0.05) is 23.8 Å². The molecule has 1 aromatic rings. The van der Waals surface area contributed by atoms with Gasteiger partial charge in [0, 0.05) is 0 Å². The van der Waals surface area contributed by atoms with Crippen molar-refractivity contribution in [2.45, 2.75) is 32.9 Å². The molecular formula is C15H20N2O2S. The van der Waals surface area contributed by atoms with E-state index in [1.54, 1.807) is 11.8 Å².